The van der Waals surface area contributed by atoms with Gasteiger partial charge in [-0.15, -0.1) is 12.4 Å². The first kappa shape index (κ1) is 31.4. The molecule has 0 bridgehead atoms. The number of carbonyl (C=O) groups is 2. The van der Waals surface area contributed by atoms with Crippen molar-refractivity contribution in [2.75, 3.05) is 19.6 Å². The monoisotopic (exact) mass is 589 g/mol. The van der Waals surface area contributed by atoms with Gasteiger partial charge in [0.1, 0.15) is 17.4 Å². The molecule has 10 heteroatoms. The molecule has 3 fully saturated rings. The van der Waals surface area contributed by atoms with Gasteiger partial charge in [-0.2, -0.15) is 5.10 Å². The highest BCUT2D eigenvalue weighted by molar-refractivity contribution is 6.00. The number of aliphatic hydroxyl groups excluding tert-OH is 1. The van der Waals surface area contributed by atoms with Gasteiger partial charge in [0.25, 0.3) is 0 Å². The van der Waals surface area contributed by atoms with E-state index >= 15 is 0 Å². The number of rotatable bonds is 8. The van der Waals surface area contributed by atoms with Crippen molar-refractivity contribution in [3.63, 3.8) is 0 Å². The number of carbonyl (C=O) groups excluding carboxylic acids is 2. The smallest absolute Gasteiger partial charge is 0.248 e. The number of piperazine rings is 1. The number of unbranched alkanes of at least 4 members (excludes halogenated alkanes) is 1. The van der Waals surface area contributed by atoms with Gasteiger partial charge in [-0.05, 0) is 69.6 Å². The summed E-state index contributed by atoms with van der Waals surface area (Å²) >= 11 is 0. The predicted octanol–water partition coefficient (Wildman–Crippen LogP) is 4.58. The topological polar surface area (TPSA) is 102 Å². The highest BCUT2D eigenvalue weighted by Crippen LogP contribution is 2.40. The third-order valence-electron chi connectivity index (χ3n) is 9.60. The molecule has 1 unspecified atom stereocenters. The number of nitrogens with one attached hydrogen (secondary N) is 2. The predicted molar refractivity (Wildman–Crippen MR) is 158 cm³/mol. The van der Waals surface area contributed by atoms with Crippen LogP contribution in [0.5, 0.6) is 0 Å². The van der Waals surface area contributed by atoms with Gasteiger partial charge in [-0.1, -0.05) is 44.7 Å². The van der Waals surface area contributed by atoms with Gasteiger partial charge in [0.05, 0.1) is 17.8 Å². The molecule has 3 atom stereocenters. The zero-order valence-corrected chi connectivity index (χ0v) is 25.3. The molecule has 3 aliphatic rings. The van der Waals surface area contributed by atoms with Crippen LogP contribution in [0.4, 0.5) is 4.39 Å². The van der Waals surface area contributed by atoms with Gasteiger partial charge in [0.2, 0.25) is 11.8 Å². The maximum atomic E-state index is 14.0. The number of aryl methyl sites for hydroxylation is 2. The molecule has 226 valence electrons. The van der Waals surface area contributed by atoms with E-state index in [4.69, 9.17) is 0 Å². The van der Waals surface area contributed by atoms with E-state index in [1.54, 1.807) is 0 Å². The van der Waals surface area contributed by atoms with Crippen molar-refractivity contribution in [1.82, 2.24) is 25.3 Å². The molecule has 2 saturated heterocycles. The molecule has 2 amide bonds. The van der Waals surface area contributed by atoms with Crippen LogP contribution in [0.1, 0.15) is 93.3 Å². The number of hydrogen-bond acceptors (Lipinski definition) is 5. The number of likely N-dealkylation sites (tertiary alicyclic amines) is 1. The first-order chi connectivity index (χ1) is 19.3. The number of aromatic nitrogens is 2. The van der Waals surface area contributed by atoms with Crippen LogP contribution in [0.15, 0.2) is 24.3 Å². The summed E-state index contributed by atoms with van der Waals surface area (Å²) in [6.45, 7) is 7.74. The molecular weight excluding hydrogens is 545 g/mol. The molecule has 1 aromatic heterocycles. The molecule has 1 saturated carbocycles. The second-order valence-corrected chi connectivity index (χ2v) is 12.1. The zero-order valence-electron chi connectivity index (χ0n) is 24.5. The number of aliphatic hydroxyl groups is 1. The summed E-state index contributed by atoms with van der Waals surface area (Å²) in [7, 11) is 0. The van der Waals surface area contributed by atoms with Crippen LogP contribution < -0.4 is 5.32 Å². The fourth-order valence-electron chi connectivity index (χ4n) is 7.28. The van der Waals surface area contributed by atoms with E-state index in [0.29, 0.717) is 32.5 Å². The van der Waals surface area contributed by atoms with Crippen molar-refractivity contribution in [2.24, 2.45) is 5.92 Å². The highest BCUT2D eigenvalue weighted by atomic mass is 35.5. The summed E-state index contributed by atoms with van der Waals surface area (Å²) in [5, 5.41) is 21.7. The minimum Gasteiger partial charge on any atom is -0.390 e. The van der Waals surface area contributed by atoms with E-state index in [0.717, 1.165) is 67.5 Å². The van der Waals surface area contributed by atoms with Gasteiger partial charge < -0.3 is 15.3 Å². The quantitative estimate of drug-likeness (QED) is 0.418. The number of hydrogen-bond donors (Lipinski definition) is 3. The Balaban J connectivity index is 0.00000387. The van der Waals surface area contributed by atoms with Gasteiger partial charge >= 0.3 is 0 Å². The van der Waals surface area contributed by atoms with Crippen LogP contribution >= 0.6 is 12.4 Å². The number of halogens is 2. The first-order valence-corrected chi connectivity index (χ1v) is 15.1. The Morgan fingerprint density at radius 1 is 1.10 bits per heavy atom. The fraction of sp³-hybridized carbons (Fsp3) is 0.645. The van der Waals surface area contributed by atoms with E-state index in [9.17, 15) is 19.1 Å². The Kier molecular flexibility index (Phi) is 10.1. The van der Waals surface area contributed by atoms with Crippen molar-refractivity contribution >= 4 is 24.2 Å². The Hall–Kier alpha value is -2.49. The lowest BCUT2D eigenvalue weighted by Crippen LogP contribution is -2.75. The van der Waals surface area contributed by atoms with Crippen molar-refractivity contribution in [2.45, 2.75) is 102 Å². The highest BCUT2D eigenvalue weighted by Gasteiger charge is 2.55. The first-order valence-electron chi connectivity index (χ1n) is 15.1. The SMILES string of the molecule is CCCCN1C(=O)[C@@H]([C@H](O)C2CCCCC2)NC(=O)C12CCN(C(c1ccc(F)cc1)c1c(C)n[nH]c1C)CC2.Cl. The summed E-state index contributed by atoms with van der Waals surface area (Å²) in [5.74, 6) is -0.521. The largest absolute Gasteiger partial charge is 0.390 e. The molecule has 2 aliphatic heterocycles. The molecule has 5 rings (SSSR count). The van der Waals surface area contributed by atoms with E-state index in [-0.39, 0.29) is 42.0 Å². The number of nitrogens with zero attached hydrogens (tertiary/aromatic N) is 3. The lowest BCUT2D eigenvalue weighted by Gasteiger charge is -2.53. The molecule has 3 N–H and O–H groups in total. The van der Waals surface area contributed by atoms with Gasteiger partial charge in [-0.3, -0.25) is 19.6 Å². The molecule has 1 spiro atoms. The molecule has 0 radical (unpaired) electrons. The van der Waals surface area contributed by atoms with E-state index < -0.39 is 17.7 Å². The molecular formula is C31H45ClFN5O3. The second kappa shape index (κ2) is 13.2. The van der Waals surface area contributed by atoms with E-state index in [1.165, 1.54) is 12.1 Å². The zero-order chi connectivity index (χ0) is 28.4. The minimum absolute atomic E-state index is 0. The van der Waals surface area contributed by atoms with Crippen LogP contribution in [0.25, 0.3) is 0 Å². The fourth-order valence-corrected chi connectivity index (χ4v) is 7.28. The second-order valence-electron chi connectivity index (χ2n) is 12.1. The Bertz CT molecular complexity index is 1170. The standard InChI is InChI=1S/C31H44FN5O3.ClH/c1-4-5-17-37-29(39)26(28(38)23-9-7-6-8-10-23)33-30(40)31(37)15-18-36(19-16-31)27(22-11-13-24(32)14-12-22)25-20(2)34-35-21(25)3;/h11-14,23,26-28,38H,4-10,15-19H2,1-3H3,(H,33,40)(H,34,35);1H/t26-,27?,28-;/m1./s1. The summed E-state index contributed by atoms with van der Waals surface area (Å²) in [6.07, 6.45) is 6.92. The van der Waals surface area contributed by atoms with Crippen LogP contribution in [0, 0.1) is 25.6 Å². The molecule has 3 heterocycles. The van der Waals surface area contributed by atoms with Gasteiger partial charge in [-0.25, -0.2) is 4.39 Å². The maximum Gasteiger partial charge on any atom is 0.248 e. The number of piperidine rings is 1. The van der Waals surface area contributed by atoms with Crippen LogP contribution in [-0.4, -0.2) is 74.2 Å². The molecule has 1 aromatic carbocycles. The van der Waals surface area contributed by atoms with Crippen LogP contribution in [-0.2, 0) is 9.59 Å². The maximum absolute atomic E-state index is 14.0. The van der Waals surface area contributed by atoms with Gasteiger partial charge in [0, 0.05) is 30.9 Å². The molecule has 2 aromatic rings. The van der Waals surface area contributed by atoms with E-state index in [2.05, 4.69) is 27.3 Å². The summed E-state index contributed by atoms with van der Waals surface area (Å²) in [5.41, 5.74) is 2.95. The average molecular weight is 590 g/mol. The molecule has 8 nitrogen and oxygen atoms in total. The number of amides is 2. The summed E-state index contributed by atoms with van der Waals surface area (Å²) in [4.78, 5) is 32.0. The average Bonchev–Trinajstić information content (AvgIpc) is 3.30. The van der Waals surface area contributed by atoms with Crippen molar-refractivity contribution in [3.8, 4) is 0 Å². The Morgan fingerprint density at radius 2 is 1.76 bits per heavy atom. The van der Waals surface area contributed by atoms with Crippen LogP contribution in [0.3, 0.4) is 0 Å². The summed E-state index contributed by atoms with van der Waals surface area (Å²) < 4.78 is 13.8. The Labute approximate surface area is 248 Å². The number of aromatic amines is 1. The van der Waals surface area contributed by atoms with Crippen molar-refractivity contribution < 1.29 is 19.1 Å². The third-order valence-corrected chi connectivity index (χ3v) is 9.60. The van der Waals surface area contributed by atoms with Crippen LogP contribution in [0.2, 0.25) is 0 Å². The van der Waals surface area contributed by atoms with E-state index in [1.807, 2.05) is 30.9 Å². The minimum atomic E-state index is -0.931. The summed E-state index contributed by atoms with van der Waals surface area (Å²) in [6, 6.07) is 5.57. The number of H-pyrrole nitrogens is 1. The van der Waals surface area contributed by atoms with Crippen molar-refractivity contribution in [3.05, 3.63) is 52.6 Å². The lowest BCUT2D eigenvalue weighted by atomic mass is 9.77. The van der Waals surface area contributed by atoms with Gasteiger partial charge in [0.15, 0.2) is 0 Å². The lowest BCUT2D eigenvalue weighted by molar-refractivity contribution is -0.166. The Morgan fingerprint density at radius 3 is 2.34 bits per heavy atom. The normalized spacial score (nSPS) is 23.2. The van der Waals surface area contributed by atoms with Crippen molar-refractivity contribution in [1.29, 1.82) is 0 Å². The molecule has 1 aliphatic carbocycles. The third kappa shape index (κ3) is 6.04. The molecule has 41 heavy (non-hydrogen) atoms. The number of benzene rings is 1.